The number of nitrogens with one attached hydrogen (secondary N) is 1. The third kappa shape index (κ3) is 4.06. The smallest absolute Gasteiger partial charge is 0.210 e. The van der Waals surface area contributed by atoms with Gasteiger partial charge >= 0.3 is 0 Å². The molecule has 1 fully saturated rings. The second kappa shape index (κ2) is 3.94. The van der Waals surface area contributed by atoms with Gasteiger partial charge in [-0.15, -0.1) is 0 Å². The van der Waals surface area contributed by atoms with Crippen molar-refractivity contribution in [3.63, 3.8) is 0 Å². The molecule has 13 heavy (non-hydrogen) atoms. The van der Waals surface area contributed by atoms with Crippen LogP contribution in [0.4, 0.5) is 0 Å². The van der Waals surface area contributed by atoms with Gasteiger partial charge in [-0.1, -0.05) is 6.92 Å². The molecule has 0 spiro atoms. The Kier molecular flexibility index (Phi) is 3.32. The Morgan fingerprint density at radius 1 is 1.46 bits per heavy atom. The molecule has 0 atom stereocenters. The zero-order valence-corrected chi connectivity index (χ0v) is 8.86. The molecule has 5 heteroatoms. The van der Waals surface area contributed by atoms with Crippen molar-refractivity contribution >= 4 is 10.0 Å². The van der Waals surface area contributed by atoms with E-state index in [0.29, 0.717) is 12.0 Å². The van der Waals surface area contributed by atoms with Gasteiger partial charge in [-0.2, -0.15) is 0 Å². The zero-order valence-electron chi connectivity index (χ0n) is 8.04. The molecule has 1 aliphatic carbocycles. The molecule has 0 aromatic heterocycles. The second-order valence-electron chi connectivity index (χ2n) is 3.90. The normalized spacial score (nSPS) is 20.2. The first-order valence-corrected chi connectivity index (χ1v) is 6.40. The highest BCUT2D eigenvalue weighted by Crippen LogP contribution is 2.47. The highest BCUT2D eigenvalue weighted by atomic mass is 32.2. The van der Waals surface area contributed by atoms with E-state index in [1.54, 1.807) is 0 Å². The predicted octanol–water partition coefficient (Wildman–Crippen LogP) is 0.0547. The standard InChI is InChI=1S/C8H18N2O2S/c1-2-8(3-4-8)7-10-5-6-13(9,11)12/h10H,2-7H2,1H3,(H2,9,11,12). The molecule has 0 aliphatic heterocycles. The molecule has 3 N–H and O–H groups in total. The number of sulfonamides is 1. The SMILES string of the molecule is CCC1(CNCCS(N)(=O)=O)CC1. The fourth-order valence-electron chi connectivity index (χ4n) is 1.40. The molecule has 0 aromatic carbocycles. The van der Waals surface area contributed by atoms with Gasteiger partial charge in [-0.25, -0.2) is 13.6 Å². The summed E-state index contributed by atoms with van der Waals surface area (Å²) in [6.45, 7) is 3.58. The van der Waals surface area contributed by atoms with Crippen molar-refractivity contribution in [3.05, 3.63) is 0 Å². The molecule has 78 valence electrons. The third-order valence-corrected chi connectivity index (χ3v) is 3.54. The maximum absolute atomic E-state index is 10.6. The number of hydrogen-bond donors (Lipinski definition) is 2. The first kappa shape index (κ1) is 10.9. The van der Waals surface area contributed by atoms with Gasteiger partial charge in [0.25, 0.3) is 0 Å². The van der Waals surface area contributed by atoms with Crippen LogP contribution in [0.5, 0.6) is 0 Å². The van der Waals surface area contributed by atoms with Crippen LogP contribution < -0.4 is 10.5 Å². The van der Waals surface area contributed by atoms with Crippen LogP contribution in [0.1, 0.15) is 26.2 Å². The fraction of sp³-hybridized carbons (Fsp3) is 1.00. The minimum absolute atomic E-state index is 0.0345. The number of hydrogen-bond acceptors (Lipinski definition) is 3. The topological polar surface area (TPSA) is 72.2 Å². The van der Waals surface area contributed by atoms with Gasteiger partial charge < -0.3 is 5.32 Å². The Balaban J connectivity index is 2.08. The molecule has 0 unspecified atom stereocenters. The van der Waals surface area contributed by atoms with Crippen LogP contribution in [-0.2, 0) is 10.0 Å². The molecule has 4 nitrogen and oxygen atoms in total. The Labute approximate surface area is 79.9 Å². The summed E-state index contributed by atoms with van der Waals surface area (Å²) in [5.74, 6) is 0.0345. The molecular formula is C8H18N2O2S. The van der Waals surface area contributed by atoms with E-state index in [1.807, 2.05) is 0 Å². The van der Waals surface area contributed by atoms with Crippen LogP contribution >= 0.6 is 0 Å². The van der Waals surface area contributed by atoms with E-state index < -0.39 is 10.0 Å². The van der Waals surface area contributed by atoms with E-state index >= 15 is 0 Å². The van der Waals surface area contributed by atoms with Gasteiger partial charge in [0.2, 0.25) is 10.0 Å². The van der Waals surface area contributed by atoms with Crippen LogP contribution in [0.15, 0.2) is 0 Å². The van der Waals surface area contributed by atoms with E-state index in [4.69, 9.17) is 5.14 Å². The van der Waals surface area contributed by atoms with Gasteiger partial charge in [0, 0.05) is 13.1 Å². The maximum atomic E-state index is 10.6. The molecule has 1 rings (SSSR count). The third-order valence-electron chi connectivity index (χ3n) is 2.77. The Morgan fingerprint density at radius 2 is 2.08 bits per heavy atom. The molecule has 0 amide bonds. The summed E-state index contributed by atoms with van der Waals surface area (Å²) in [6, 6.07) is 0. The summed E-state index contributed by atoms with van der Waals surface area (Å²) in [4.78, 5) is 0. The number of rotatable bonds is 6. The van der Waals surface area contributed by atoms with Crippen molar-refractivity contribution in [1.82, 2.24) is 5.32 Å². The van der Waals surface area contributed by atoms with Crippen LogP contribution in [0.2, 0.25) is 0 Å². The van der Waals surface area contributed by atoms with Gasteiger partial charge in [-0.05, 0) is 24.7 Å². The summed E-state index contributed by atoms with van der Waals surface area (Å²) in [7, 11) is -3.29. The van der Waals surface area contributed by atoms with Crippen LogP contribution in [-0.4, -0.2) is 27.3 Å². The minimum Gasteiger partial charge on any atom is -0.315 e. The highest BCUT2D eigenvalue weighted by Gasteiger charge is 2.39. The lowest BCUT2D eigenvalue weighted by Crippen LogP contribution is -2.31. The van der Waals surface area contributed by atoms with Crippen molar-refractivity contribution in [2.24, 2.45) is 10.6 Å². The summed E-state index contributed by atoms with van der Waals surface area (Å²) in [6.07, 6.45) is 3.72. The van der Waals surface area contributed by atoms with Crippen molar-refractivity contribution < 1.29 is 8.42 Å². The van der Waals surface area contributed by atoms with Gasteiger partial charge in [-0.3, -0.25) is 0 Å². The summed E-state index contributed by atoms with van der Waals surface area (Å²) in [5.41, 5.74) is 0.471. The van der Waals surface area contributed by atoms with Crippen LogP contribution in [0.3, 0.4) is 0 Å². The van der Waals surface area contributed by atoms with Crippen LogP contribution in [0, 0.1) is 5.41 Å². The van der Waals surface area contributed by atoms with Gasteiger partial charge in [0.15, 0.2) is 0 Å². The van der Waals surface area contributed by atoms with Gasteiger partial charge in [0.05, 0.1) is 5.75 Å². The lowest BCUT2D eigenvalue weighted by atomic mass is 10.0. The quantitative estimate of drug-likeness (QED) is 0.603. The molecular weight excluding hydrogens is 188 g/mol. The average molecular weight is 206 g/mol. The Bertz CT molecular complexity index is 257. The summed E-state index contributed by atoms with van der Waals surface area (Å²) < 4.78 is 21.2. The first-order valence-electron chi connectivity index (χ1n) is 4.69. The zero-order chi connectivity index (χ0) is 9.95. The summed E-state index contributed by atoms with van der Waals surface area (Å²) in [5, 5.41) is 8.00. The second-order valence-corrected chi connectivity index (χ2v) is 5.63. The lowest BCUT2D eigenvalue weighted by Gasteiger charge is -2.12. The number of nitrogens with two attached hydrogens (primary N) is 1. The average Bonchev–Trinajstić information content (AvgIpc) is 2.78. The van der Waals surface area contributed by atoms with E-state index in [0.717, 1.165) is 6.54 Å². The van der Waals surface area contributed by atoms with E-state index in [2.05, 4.69) is 12.2 Å². The molecule has 0 saturated heterocycles. The van der Waals surface area contributed by atoms with Gasteiger partial charge in [0.1, 0.15) is 0 Å². The van der Waals surface area contributed by atoms with Crippen molar-refractivity contribution in [2.75, 3.05) is 18.8 Å². The van der Waals surface area contributed by atoms with Crippen LogP contribution in [0.25, 0.3) is 0 Å². The van der Waals surface area contributed by atoms with Crippen molar-refractivity contribution in [3.8, 4) is 0 Å². The van der Waals surface area contributed by atoms with E-state index in [-0.39, 0.29) is 5.75 Å². The van der Waals surface area contributed by atoms with E-state index in [1.165, 1.54) is 19.3 Å². The highest BCUT2D eigenvalue weighted by molar-refractivity contribution is 7.89. The predicted molar refractivity (Wildman–Crippen MR) is 52.8 cm³/mol. The molecule has 0 aromatic rings. The molecule has 0 radical (unpaired) electrons. The molecule has 0 heterocycles. The molecule has 1 aliphatic rings. The maximum Gasteiger partial charge on any atom is 0.210 e. The Hall–Kier alpha value is -0.130. The van der Waals surface area contributed by atoms with Crippen molar-refractivity contribution in [2.45, 2.75) is 26.2 Å². The Morgan fingerprint density at radius 3 is 2.46 bits per heavy atom. The fourth-order valence-corrected chi connectivity index (χ4v) is 1.83. The summed E-state index contributed by atoms with van der Waals surface area (Å²) >= 11 is 0. The largest absolute Gasteiger partial charge is 0.315 e. The monoisotopic (exact) mass is 206 g/mol. The minimum atomic E-state index is -3.29. The van der Waals surface area contributed by atoms with Crippen molar-refractivity contribution in [1.29, 1.82) is 0 Å². The number of primary sulfonamides is 1. The lowest BCUT2D eigenvalue weighted by molar-refractivity contribution is 0.450. The molecule has 0 bridgehead atoms. The molecule has 1 saturated carbocycles. The first-order chi connectivity index (χ1) is 5.97. The van der Waals surface area contributed by atoms with E-state index in [9.17, 15) is 8.42 Å².